The number of carbonyl (C=O) groups is 1. The van der Waals surface area contributed by atoms with Crippen LogP contribution in [0.2, 0.25) is 0 Å². The lowest BCUT2D eigenvalue weighted by atomic mass is 10.1. The summed E-state index contributed by atoms with van der Waals surface area (Å²) < 4.78 is 0. The molecule has 8 heteroatoms. The second-order valence-electron chi connectivity index (χ2n) is 4.78. The first-order valence-corrected chi connectivity index (χ1v) is 7.45. The van der Waals surface area contributed by atoms with Gasteiger partial charge in [-0.1, -0.05) is 0 Å². The van der Waals surface area contributed by atoms with Crippen LogP contribution in [-0.2, 0) is 6.54 Å². The Morgan fingerprint density at radius 1 is 1.27 bits per heavy atom. The van der Waals surface area contributed by atoms with E-state index in [2.05, 4.69) is 25.5 Å². The predicted molar refractivity (Wildman–Crippen MR) is 84.5 cm³/mol. The van der Waals surface area contributed by atoms with E-state index in [0.717, 1.165) is 16.6 Å². The summed E-state index contributed by atoms with van der Waals surface area (Å²) in [6, 6.07) is 1.72. The third kappa shape index (κ3) is 2.48. The van der Waals surface area contributed by atoms with Crippen LogP contribution in [0.3, 0.4) is 0 Å². The number of hydrogen-bond acceptors (Lipinski definition) is 7. The largest absolute Gasteiger partial charge is 0.397 e. The van der Waals surface area contributed by atoms with Crippen molar-refractivity contribution in [1.29, 1.82) is 0 Å². The van der Waals surface area contributed by atoms with E-state index < -0.39 is 0 Å². The molecule has 22 heavy (non-hydrogen) atoms. The molecule has 0 bridgehead atoms. The molecular formula is C14H14N6OS. The van der Waals surface area contributed by atoms with Gasteiger partial charge in [0.15, 0.2) is 0 Å². The Kier molecular flexibility index (Phi) is 3.68. The Bertz CT molecular complexity index is 845. The van der Waals surface area contributed by atoms with Gasteiger partial charge in [0.05, 0.1) is 17.9 Å². The average molecular weight is 314 g/mol. The predicted octanol–water partition coefficient (Wildman–Crippen LogP) is 1.61. The van der Waals surface area contributed by atoms with Crippen LogP contribution in [0.15, 0.2) is 18.5 Å². The zero-order valence-corrected chi connectivity index (χ0v) is 12.9. The van der Waals surface area contributed by atoms with Crippen molar-refractivity contribution < 1.29 is 4.79 Å². The molecule has 0 atom stereocenters. The van der Waals surface area contributed by atoms with Gasteiger partial charge < -0.3 is 11.1 Å². The van der Waals surface area contributed by atoms with E-state index in [1.54, 1.807) is 18.5 Å². The van der Waals surface area contributed by atoms with Crippen LogP contribution in [0, 0.1) is 13.8 Å². The first-order chi connectivity index (χ1) is 10.6. The Balaban J connectivity index is 1.88. The molecule has 3 N–H and O–H groups in total. The number of fused-ring (bicyclic) bond motifs is 1. The standard InChI is InChI=1S/C14H14N6OS/c1-7-8(2)19-20-14-10(7)11(15)12(22-14)13(21)18-6-9-16-4-3-5-17-9/h3-5H,6,15H2,1-2H3,(H,18,21). The van der Waals surface area contributed by atoms with Crippen molar-refractivity contribution in [3.63, 3.8) is 0 Å². The van der Waals surface area contributed by atoms with E-state index in [-0.39, 0.29) is 12.5 Å². The minimum Gasteiger partial charge on any atom is -0.397 e. The third-order valence-electron chi connectivity index (χ3n) is 3.37. The number of thiophene rings is 1. The molecule has 3 aromatic rings. The van der Waals surface area contributed by atoms with Crippen LogP contribution < -0.4 is 11.1 Å². The van der Waals surface area contributed by atoms with Gasteiger partial charge in [0.25, 0.3) is 5.91 Å². The maximum absolute atomic E-state index is 12.3. The van der Waals surface area contributed by atoms with Crippen LogP contribution in [-0.4, -0.2) is 26.1 Å². The Hall–Kier alpha value is -2.61. The first kappa shape index (κ1) is 14.3. The summed E-state index contributed by atoms with van der Waals surface area (Å²) in [6.07, 6.45) is 3.26. The summed E-state index contributed by atoms with van der Waals surface area (Å²) in [7, 11) is 0. The highest BCUT2D eigenvalue weighted by Gasteiger charge is 2.19. The molecule has 112 valence electrons. The summed E-state index contributed by atoms with van der Waals surface area (Å²) in [4.78, 5) is 21.5. The second-order valence-corrected chi connectivity index (χ2v) is 5.78. The summed E-state index contributed by atoms with van der Waals surface area (Å²) in [6.45, 7) is 4.04. The molecule has 3 rings (SSSR count). The minimum absolute atomic E-state index is 0.247. The number of amides is 1. The summed E-state index contributed by atoms with van der Waals surface area (Å²) in [5, 5.41) is 11.7. The van der Waals surface area contributed by atoms with E-state index >= 15 is 0 Å². The lowest BCUT2D eigenvalue weighted by Gasteiger charge is -2.03. The van der Waals surface area contributed by atoms with Crippen LogP contribution >= 0.6 is 11.3 Å². The number of hydrogen-bond donors (Lipinski definition) is 2. The molecule has 0 aliphatic rings. The van der Waals surface area contributed by atoms with Crippen molar-refractivity contribution in [1.82, 2.24) is 25.5 Å². The third-order valence-corrected chi connectivity index (χ3v) is 4.46. The molecule has 0 fully saturated rings. The SMILES string of the molecule is Cc1nnc2sc(C(=O)NCc3ncccn3)c(N)c2c1C. The van der Waals surface area contributed by atoms with Gasteiger partial charge in [0.2, 0.25) is 0 Å². The van der Waals surface area contributed by atoms with Gasteiger partial charge in [-0.25, -0.2) is 9.97 Å². The molecule has 0 aliphatic heterocycles. The fraction of sp³-hybridized carbons (Fsp3) is 0.214. The van der Waals surface area contributed by atoms with Gasteiger partial charge in [0.1, 0.15) is 15.5 Å². The molecule has 0 spiro atoms. The summed E-state index contributed by atoms with van der Waals surface area (Å²) in [5.41, 5.74) is 8.33. The van der Waals surface area contributed by atoms with Gasteiger partial charge >= 0.3 is 0 Å². The fourth-order valence-corrected chi connectivity index (χ4v) is 3.09. The van der Waals surface area contributed by atoms with Crippen LogP contribution in [0.5, 0.6) is 0 Å². The minimum atomic E-state index is -0.259. The highest BCUT2D eigenvalue weighted by molar-refractivity contribution is 7.21. The number of anilines is 1. The molecule has 0 saturated carbocycles. The molecule has 0 aromatic carbocycles. The van der Waals surface area contributed by atoms with E-state index in [0.29, 0.717) is 21.2 Å². The lowest BCUT2D eigenvalue weighted by molar-refractivity contribution is 0.0955. The number of aryl methyl sites for hydroxylation is 2. The zero-order chi connectivity index (χ0) is 15.7. The normalized spacial score (nSPS) is 10.8. The smallest absolute Gasteiger partial charge is 0.263 e. The van der Waals surface area contributed by atoms with Crippen molar-refractivity contribution in [2.24, 2.45) is 0 Å². The van der Waals surface area contributed by atoms with Crippen molar-refractivity contribution in [2.45, 2.75) is 20.4 Å². The number of nitrogens with one attached hydrogen (secondary N) is 1. The quantitative estimate of drug-likeness (QED) is 0.760. The Morgan fingerprint density at radius 3 is 2.73 bits per heavy atom. The van der Waals surface area contributed by atoms with Gasteiger partial charge in [0, 0.05) is 17.8 Å². The van der Waals surface area contributed by atoms with Crippen molar-refractivity contribution >= 4 is 33.1 Å². The van der Waals surface area contributed by atoms with Gasteiger partial charge in [-0.2, -0.15) is 5.10 Å². The van der Waals surface area contributed by atoms with E-state index in [1.807, 2.05) is 13.8 Å². The highest BCUT2D eigenvalue weighted by atomic mass is 32.1. The van der Waals surface area contributed by atoms with Crippen LogP contribution in [0.1, 0.15) is 26.8 Å². The number of nitrogens with zero attached hydrogens (tertiary/aromatic N) is 4. The van der Waals surface area contributed by atoms with E-state index in [1.165, 1.54) is 11.3 Å². The van der Waals surface area contributed by atoms with Crippen molar-refractivity contribution in [3.05, 3.63) is 40.4 Å². The topological polar surface area (TPSA) is 107 Å². The molecule has 0 saturated heterocycles. The molecule has 0 radical (unpaired) electrons. The number of nitrogen functional groups attached to an aromatic ring is 1. The molecule has 3 heterocycles. The fourth-order valence-electron chi connectivity index (χ4n) is 2.07. The average Bonchev–Trinajstić information content (AvgIpc) is 2.87. The molecule has 1 amide bonds. The first-order valence-electron chi connectivity index (χ1n) is 6.64. The van der Waals surface area contributed by atoms with E-state index in [9.17, 15) is 4.79 Å². The maximum Gasteiger partial charge on any atom is 0.263 e. The molecule has 0 aliphatic carbocycles. The monoisotopic (exact) mass is 314 g/mol. The van der Waals surface area contributed by atoms with Crippen molar-refractivity contribution in [3.8, 4) is 0 Å². The number of carbonyl (C=O) groups excluding carboxylic acids is 1. The number of aromatic nitrogens is 4. The highest BCUT2D eigenvalue weighted by Crippen LogP contribution is 2.34. The van der Waals surface area contributed by atoms with Crippen LogP contribution in [0.25, 0.3) is 10.2 Å². The van der Waals surface area contributed by atoms with Crippen molar-refractivity contribution in [2.75, 3.05) is 5.73 Å². The molecular weight excluding hydrogens is 300 g/mol. The molecule has 7 nitrogen and oxygen atoms in total. The Labute approximate surface area is 130 Å². The van der Waals surface area contributed by atoms with Gasteiger partial charge in [-0.3, -0.25) is 4.79 Å². The lowest BCUT2D eigenvalue weighted by Crippen LogP contribution is -2.23. The zero-order valence-electron chi connectivity index (χ0n) is 12.1. The molecule has 3 aromatic heterocycles. The number of rotatable bonds is 3. The summed E-state index contributed by atoms with van der Waals surface area (Å²) in [5.74, 6) is 0.285. The second kappa shape index (κ2) is 5.64. The van der Waals surface area contributed by atoms with Crippen LogP contribution in [0.4, 0.5) is 5.69 Å². The summed E-state index contributed by atoms with van der Waals surface area (Å²) >= 11 is 1.24. The van der Waals surface area contributed by atoms with E-state index in [4.69, 9.17) is 5.73 Å². The van der Waals surface area contributed by atoms with Gasteiger partial charge in [-0.05, 0) is 25.5 Å². The number of nitrogens with two attached hydrogens (primary N) is 1. The molecule has 0 unspecified atom stereocenters. The maximum atomic E-state index is 12.3. The van der Waals surface area contributed by atoms with Gasteiger partial charge in [-0.15, -0.1) is 16.4 Å². The Morgan fingerprint density at radius 2 is 2.00 bits per heavy atom.